The van der Waals surface area contributed by atoms with Crippen molar-refractivity contribution in [3.63, 3.8) is 0 Å². The Kier molecular flexibility index (Phi) is 6.89. The molecule has 4 rings (SSSR count). The van der Waals surface area contributed by atoms with Crippen LogP contribution < -0.4 is 10.2 Å². The molecule has 8 nitrogen and oxygen atoms in total. The molecule has 1 fully saturated rings. The van der Waals surface area contributed by atoms with Gasteiger partial charge in [0.25, 0.3) is 0 Å². The van der Waals surface area contributed by atoms with Crippen molar-refractivity contribution in [2.45, 2.75) is 19.4 Å². The zero-order chi connectivity index (χ0) is 22.3. The van der Waals surface area contributed by atoms with Gasteiger partial charge in [-0.05, 0) is 24.1 Å². The van der Waals surface area contributed by atoms with Gasteiger partial charge in [-0.25, -0.2) is 9.78 Å². The van der Waals surface area contributed by atoms with Gasteiger partial charge in [0.15, 0.2) is 0 Å². The van der Waals surface area contributed by atoms with E-state index >= 15 is 0 Å². The number of urea groups is 1. The van der Waals surface area contributed by atoms with Crippen LogP contribution in [0.2, 0.25) is 0 Å². The van der Waals surface area contributed by atoms with Crippen LogP contribution in [0.25, 0.3) is 11.0 Å². The number of carbonyl (C=O) groups is 2. The van der Waals surface area contributed by atoms with E-state index < -0.39 is 0 Å². The van der Waals surface area contributed by atoms with Crippen LogP contribution >= 0.6 is 0 Å². The van der Waals surface area contributed by atoms with Gasteiger partial charge in [-0.15, -0.1) is 0 Å². The first-order valence-corrected chi connectivity index (χ1v) is 11.1. The van der Waals surface area contributed by atoms with E-state index in [0.29, 0.717) is 26.1 Å². The van der Waals surface area contributed by atoms with Crippen molar-refractivity contribution in [1.29, 1.82) is 0 Å². The summed E-state index contributed by atoms with van der Waals surface area (Å²) in [4.78, 5) is 38.8. The van der Waals surface area contributed by atoms with Crippen LogP contribution in [0.3, 0.4) is 0 Å². The fourth-order valence-electron chi connectivity index (χ4n) is 3.97. The molecular weight excluding hydrogens is 404 g/mol. The molecule has 2 aromatic carbocycles. The zero-order valence-corrected chi connectivity index (χ0v) is 18.5. The SMILES string of the molecule is CN(Cc1ccccc1)C(=O)NCCC(=O)N1CCCN(c2nc3ccccc3[nH]2)CC1. The second-order valence-corrected chi connectivity index (χ2v) is 8.12. The number of anilines is 1. The summed E-state index contributed by atoms with van der Waals surface area (Å²) in [5.41, 5.74) is 3.04. The number of carbonyl (C=O) groups excluding carboxylic acids is 2. The summed E-state index contributed by atoms with van der Waals surface area (Å²) in [6.07, 6.45) is 1.19. The van der Waals surface area contributed by atoms with E-state index in [1.165, 1.54) is 0 Å². The molecule has 0 radical (unpaired) electrons. The normalized spacial score (nSPS) is 14.3. The van der Waals surface area contributed by atoms with E-state index in [-0.39, 0.29) is 11.9 Å². The first-order chi connectivity index (χ1) is 15.6. The molecule has 2 heterocycles. The highest BCUT2D eigenvalue weighted by Crippen LogP contribution is 2.18. The number of nitrogens with zero attached hydrogens (tertiary/aromatic N) is 4. The molecule has 3 amide bonds. The van der Waals surface area contributed by atoms with Crippen LogP contribution in [-0.2, 0) is 11.3 Å². The quantitative estimate of drug-likeness (QED) is 0.625. The lowest BCUT2D eigenvalue weighted by molar-refractivity contribution is -0.130. The molecule has 0 spiro atoms. The predicted octanol–water partition coefficient (Wildman–Crippen LogP) is 2.83. The molecule has 1 saturated heterocycles. The van der Waals surface area contributed by atoms with Crippen molar-refractivity contribution < 1.29 is 9.59 Å². The Morgan fingerprint density at radius 3 is 2.62 bits per heavy atom. The van der Waals surface area contributed by atoms with Gasteiger partial charge in [0.1, 0.15) is 0 Å². The first kappa shape index (κ1) is 21.7. The highest BCUT2D eigenvalue weighted by molar-refractivity contribution is 5.79. The van der Waals surface area contributed by atoms with Crippen molar-refractivity contribution in [2.24, 2.45) is 0 Å². The third kappa shape index (κ3) is 5.38. The van der Waals surface area contributed by atoms with Gasteiger partial charge in [-0.2, -0.15) is 0 Å². The molecule has 0 saturated carbocycles. The van der Waals surface area contributed by atoms with Gasteiger partial charge in [-0.1, -0.05) is 42.5 Å². The number of H-pyrrole nitrogens is 1. The maximum absolute atomic E-state index is 12.7. The number of nitrogens with one attached hydrogen (secondary N) is 2. The summed E-state index contributed by atoms with van der Waals surface area (Å²) in [7, 11) is 1.76. The maximum Gasteiger partial charge on any atom is 0.317 e. The maximum atomic E-state index is 12.7. The topological polar surface area (TPSA) is 84.6 Å². The van der Waals surface area contributed by atoms with Crippen LogP contribution in [0.15, 0.2) is 54.6 Å². The van der Waals surface area contributed by atoms with Gasteiger partial charge >= 0.3 is 6.03 Å². The van der Waals surface area contributed by atoms with Crippen molar-refractivity contribution >= 4 is 28.9 Å². The first-order valence-electron chi connectivity index (χ1n) is 11.1. The molecule has 32 heavy (non-hydrogen) atoms. The Morgan fingerprint density at radius 1 is 1.03 bits per heavy atom. The minimum Gasteiger partial charge on any atom is -0.341 e. The molecule has 1 aromatic heterocycles. The smallest absolute Gasteiger partial charge is 0.317 e. The predicted molar refractivity (Wildman–Crippen MR) is 125 cm³/mol. The molecular formula is C24H30N6O2. The van der Waals surface area contributed by atoms with Crippen LogP contribution in [0, 0.1) is 0 Å². The molecule has 2 N–H and O–H groups in total. The lowest BCUT2D eigenvalue weighted by Gasteiger charge is -2.22. The summed E-state index contributed by atoms with van der Waals surface area (Å²) in [6, 6.07) is 17.6. The lowest BCUT2D eigenvalue weighted by atomic mass is 10.2. The summed E-state index contributed by atoms with van der Waals surface area (Å²) in [5.74, 6) is 0.927. The monoisotopic (exact) mass is 434 g/mol. The standard InChI is InChI=1S/C24H30N6O2/c1-28(18-19-8-3-2-4-9-19)24(32)25-13-12-22(31)29-14-7-15-30(17-16-29)23-26-20-10-5-6-11-21(20)27-23/h2-6,8-11H,7,12-18H2,1H3,(H,25,32)(H,26,27). The van der Waals surface area contributed by atoms with Gasteiger partial charge in [0.2, 0.25) is 11.9 Å². The second-order valence-electron chi connectivity index (χ2n) is 8.12. The van der Waals surface area contributed by atoms with E-state index in [2.05, 4.69) is 20.2 Å². The zero-order valence-electron chi connectivity index (χ0n) is 18.5. The highest BCUT2D eigenvalue weighted by atomic mass is 16.2. The summed E-state index contributed by atoms with van der Waals surface area (Å²) < 4.78 is 0. The Bertz CT molecular complexity index is 1020. The number of aromatic amines is 1. The van der Waals surface area contributed by atoms with Crippen LogP contribution in [0.5, 0.6) is 0 Å². The molecule has 8 heteroatoms. The third-order valence-corrected chi connectivity index (χ3v) is 5.75. The molecule has 1 aliphatic rings. The van der Waals surface area contributed by atoms with Gasteiger partial charge in [0, 0.05) is 52.7 Å². The number of aromatic nitrogens is 2. The number of amides is 3. The van der Waals surface area contributed by atoms with E-state index in [4.69, 9.17) is 0 Å². The van der Waals surface area contributed by atoms with Gasteiger partial charge < -0.3 is 25.0 Å². The number of imidazole rings is 1. The van der Waals surface area contributed by atoms with E-state index in [1.807, 2.05) is 59.5 Å². The average molecular weight is 435 g/mol. The third-order valence-electron chi connectivity index (χ3n) is 5.75. The van der Waals surface area contributed by atoms with Crippen LogP contribution in [0.4, 0.5) is 10.7 Å². The Labute approximate surface area is 188 Å². The van der Waals surface area contributed by atoms with Gasteiger partial charge in [0.05, 0.1) is 11.0 Å². The van der Waals surface area contributed by atoms with Crippen LogP contribution in [0.1, 0.15) is 18.4 Å². The average Bonchev–Trinajstić information content (AvgIpc) is 3.08. The number of fused-ring (bicyclic) bond motifs is 1. The van der Waals surface area contributed by atoms with E-state index in [1.54, 1.807) is 11.9 Å². The molecule has 0 aliphatic carbocycles. The molecule has 0 bridgehead atoms. The second kappa shape index (κ2) is 10.2. The summed E-state index contributed by atoms with van der Waals surface area (Å²) in [6.45, 7) is 3.82. The molecule has 168 valence electrons. The number of rotatable bonds is 6. The van der Waals surface area contributed by atoms with Crippen molar-refractivity contribution in [3.8, 4) is 0 Å². The minimum atomic E-state index is -0.173. The molecule has 0 unspecified atom stereocenters. The number of para-hydroxylation sites is 2. The van der Waals surface area contributed by atoms with Crippen LogP contribution in [-0.4, -0.2) is 71.5 Å². The van der Waals surface area contributed by atoms with Crippen molar-refractivity contribution in [3.05, 3.63) is 60.2 Å². The Morgan fingerprint density at radius 2 is 1.81 bits per heavy atom. The largest absolute Gasteiger partial charge is 0.341 e. The molecule has 1 aliphatic heterocycles. The summed E-state index contributed by atoms with van der Waals surface area (Å²) >= 11 is 0. The molecule has 3 aromatic rings. The minimum absolute atomic E-state index is 0.0717. The van der Waals surface area contributed by atoms with Crippen molar-refractivity contribution in [2.75, 3.05) is 44.7 Å². The summed E-state index contributed by atoms with van der Waals surface area (Å²) in [5, 5.41) is 2.85. The van der Waals surface area contributed by atoms with E-state index in [0.717, 1.165) is 48.6 Å². The fourth-order valence-corrected chi connectivity index (χ4v) is 3.97. The number of hydrogen-bond acceptors (Lipinski definition) is 4. The molecule has 0 atom stereocenters. The highest BCUT2D eigenvalue weighted by Gasteiger charge is 2.21. The lowest BCUT2D eigenvalue weighted by Crippen LogP contribution is -2.40. The Hall–Kier alpha value is -3.55. The Balaban J connectivity index is 1.22. The van der Waals surface area contributed by atoms with Gasteiger partial charge in [-0.3, -0.25) is 4.79 Å². The number of hydrogen-bond donors (Lipinski definition) is 2. The van der Waals surface area contributed by atoms with E-state index in [9.17, 15) is 9.59 Å². The van der Waals surface area contributed by atoms with Crippen molar-refractivity contribution in [1.82, 2.24) is 25.1 Å². The fraction of sp³-hybridized carbons (Fsp3) is 0.375. The number of benzene rings is 2.